The molecule has 0 saturated heterocycles. The van der Waals surface area contributed by atoms with Crippen LogP contribution in [0.25, 0.3) is 55.0 Å². The molecule has 0 unspecified atom stereocenters. The second kappa shape index (κ2) is 10.3. The van der Waals surface area contributed by atoms with Gasteiger partial charge in [0.05, 0.1) is 22.1 Å². The molecule has 0 saturated carbocycles. The van der Waals surface area contributed by atoms with Gasteiger partial charge in [-0.1, -0.05) is 103 Å². The summed E-state index contributed by atoms with van der Waals surface area (Å²) >= 11 is 0. The number of aromatic nitrogens is 2. The van der Waals surface area contributed by atoms with Gasteiger partial charge in [-0.15, -0.1) is 0 Å². The highest BCUT2D eigenvalue weighted by Crippen LogP contribution is 2.39. The van der Waals surface area contributed by atoms with Crippen LogP contribution in [-0.4, -0.2) is 9.13 Å². The predicted octanol–water partition coefficient (Wildman–Crippen LogP) is 11.4. The van der Waals surface area contributed by atoms with Crippen molar-refractivity contribution in [3.05, 3.63) is 176 Å². The van der Waals surface area contributed by atoms with E-state index in [-0.39, 0.29) is 0 Å². The lowest BCUT2D eigenvalue weighted by atomic mass is 10.1. The van der Waals surface area contributed by atoms with E-state index in [1.54, 1.807) is 0 Å². The number of nitrogens with zero attached hydrogens (tertiary/aromatic N) is 3. The fraction of sp³-hybridized carbons (Fsp3) is 0. The zero-order valence-corrected chi connectivity index (χ0v) is 24.6. The molecule has 0 spiro atoms. The Morgan fingerprint density at radius 1 is 0.289 bits per heavy atom. The Morgan fingerprint density at radius 2 is 0.711 bits per heavy atom. The van der Waals surface area contributed by atoms with Gasteiger partial charge in [0.2, 0.25) is 0 Å². The fourth-order valence-corrected chi connectivity index (χ4v) is 6.95. The zero-order chi connectivity index (χ0) is 29.7. The first-order valence-electron chi connectivity index (χ1n) is 15.4. The van der Waals surface area contributed by atoms with Gasteiger partial charge < -0.3 is 14.0 Å². The molecule has 7 aromatic carbocycles. The van der Waals surface area contributed by atoms with Crippen LogP contribution in [0.4, 0.5) is 17.1 Å². The van der Waals surface area contributed by atoms with E-state index >= 15 is 0 Å². The summed E-state index contributed by atoms with van der Waals surface area (Å²) in [4.78, 5) is 2.32. The number of para-hydroxylation sites is 5. The van der Waals surface area contributed by atoms with Crippen LogP contribution in [0.3, 0.4) is 0 Å². The van der Waals surface area contributed by atoms with Gasteiger partial charge >= 0.3 is 0 Å². The number of benzene rings is 7. The average molecular weight is 576 g/mol. The van der Waals surface area contributed by atoms with Crippen molar-refractivity contribution in [2.24, 2.45) is 0 Å². The summed E-state index contributed by atoms with van der Waals surface area (Å²) in [7, 11) is 0. The molecule has 0 aliphatic heterocycles. The third-order valence-electron chi connectivity index (χ3n) is 8.87. The van der Waals surface area contributed by atoms with Crippen LogP contribution in [-0.2, 0) is 0 Å². The molecule has 0 aliphatic rings. The lowest BCUT2D eigenvalue weighted by Gasteiger charge is -2.26. The summed E-state index contributed by atoms with van der Waals surface area (Å²) in [6, 6.07) is 63.1. The van der Waals surface area contributed by atoms with Crippen molar-refractivity contribution >= 4 is 60.7 Å². The number of anilines is 3. The van der Waals surface area contributed by atoms with Gasteiger partial charge in [-0.3, -0.25) is 0 Å². The van der Waals surface area contributed by atoms with Crippen molar-refractivity contribution in [1.82, 2.24) is 9.13 Å². The summed E-state index contributed by atoms with van der Waals surface area (Å²) in [5.74, 6) is 0. The van der Waals surface area contributed by atoms with Gasteiger partial charge in [-0.05, 0) is 72.8 Å². The summed E-state index contributed by atoms with van der Waals surface area (Å²) in [6.45, 7) is 0. The molecule has 0 radical (unpaired) electrons. The first-order chi connectivity index (χ1) is 22.3. The van der Waals surface area contributed by atoms with Gasteiger partial charge in [0.15, 0.2) is 0 Å². The minimum atomic E-state index is 1.11. The number of hydrogen-bond acceptors (Lipinski definition) is 1. The Bertz CT molecular complexity index is 2390. The highest BCUT2D eigenvalue weighted by Gasteiger charge is 2.18. The van der Waals surface area contributed by atoms with Gasteiger partial charge in [0.25, 0.3) is 0 Å². The molecule has 0 atom stereocenters. The molecule has 0 N–H and O–H groups in total. The molecule has 2 heterocycles. The van der Waals surface area contributed by atoms with Crippen molar-refractivity contribution in [3.8, 4) is 11.4 Å². The van der Waals surface area contributed by atoms with Crippen LogP contribution >= 0.6 is 0 Å². The van der Waals surface area contributed by atoms with E-state index in [0.717, 1.165) is 28.4 Å². The lowest BCUT2D eigenvalue weighted by Crippen LogP contribution is -2.10. The minimum absolute atomic E-state index is 1.11. The van der Waals surface area contributed by atoms with E-state index in [2.05, 4.69) is 190 Å². The first kappa shape index (κ1) is 25.4. The van der Waals surface area contributed by atoms with E-state index in [9.17, 15) is 0 Å². The van der Waals surface area contributed by atoms with Gasteiger partial charge in [0.1, 0.15) is 0 Å². The maximum absolute atomic E-state index is 2.42. The van der Waals surface area contributed by atoms with Crippen molar-refractivity contribution in [3.63, 3.8) is 0 Å². The normalized spacial score (nSPS) is 11.6. The second-order valence-corrected chi connectivity index (χ2v) is 11.5. The van der Waals surface area contributed by atoms with Crippen LogP contribution in [0.2, 0.25) is 0 Å². The topological polar surface area (TPSA) is 13.1 Å². The first-order valence-corrected chi connectivity index (χ1v) is 15.4. The SMILES string of the molecule is c1ccc(N(c2ccccc2)c2cccc(-n3c4ccccc4c4ccc(-n5c6ccccc6c6ccccc65)cc43)c2)cc1. The van der Waals surface area contributed by atoms with Crippen LogP contribution < -0.4 is 4.90 Å². The average Bonchev–Trinajstić information content (AvgIpc) is 3.62. The van der Waals surface area contributed by atoms with Crippen LogP contribution in [0, 0.1) is 0 Å². The molecule has 0 fully saturated rings. The Labute approximate surface area is 261 Å². The molecular formula is C42H29N3. The molecule has 0 bridgehead atoms. The minimum Gasteiger partial charge on any atom is -0.310 e. The lowest BCUT2D eigenvalue weighted by molar-refractivity contribution is 1.15. The standard InChI is InChI=1S/C42H29N3/c1-3-14-30(15-4-1)43(31-16-5-2-6-17-31)32-18-13-19-33(28-32)45-41-25-12-9-22-37(41)38-27-26-34(29-42(38)45)44-39-23-10-7-20-35(39)36-21-8-11-24-40(36)44/h1-29H. The third kappa shape index (κ3) is 4.05. The summed E-state index contributed by atoms with van der Waals surface area (Å²) in [5.41, 5.74) is 10.4. The van der Waals surface area contributed by atoms with E-state index in [4.69, 9.17) is 0 Å². The maximum atomic E-state index is 2.42. The monoisotopic (exact) mass is 575 g/mol. The summed E-state index contributed by atoms with van der Waals surface area (Å²) in [6.07, 6.45) is 0. The molecular weight excluding hydrogens is 546 g/mol. The highest BCUT2D eigenvalue weighted by atomic mass is 15.1. The van der Waals surface area contributed by atoms with Crippen LogP contribution in [0.15, 0.2) is 176 Å². The fourth-order valence-electron chi connectivity index (χ4n) is 6.95. The van der Waals surface area contributed by atoms with Crippen molar-refractivity contribution in [2.45, 2.75) is 0 Å². The van der Waals surface area contributed by atoms with Crippen molar-refractivity contribution in [2.75, 3.05) is 4.90 Å². The van der Waals surface area contributed by atoms with Crippen LogP contribution in [0.1, 0.15) is 0 Å². The quantitative estimate of drug-likeness (QED) is 0.199. The molecule has 3 nitrogen and oxygen atoms in total. The van der Waals surface area contributed by atoms with Gasteiger partial charge in [-0.25, -0.2) is 0 Å². The molecule has 0 amide bonds. The predicted molar refractivity (Wildman–Crippen MR) is 190 cm³/mol. The van der Waals surface area contributed by atoms with E-state index in [1.807, 2.05) is 0 Å². The number of fused-ring (bicyclic) bond motifs is 6. The van der Waals surface area contributed by atoms with Gasteiger partial charge in [0, 0.05) is 50.0 Å². The Kier molecular flexibility index (Phi) is 5.82. The molecule has 9 rings (SSSR count). The van der Waals surface area contributed by atoms with Crippen LogP contribution in [0.5, 0.6) is 0 Å². The second-order valence-electron chi connectivity index (χ2n) is 11.5. The Balaban J connectivity index is 1.29. The number of rotatable bonds is 5. The summed E-state index contributed by atoms with van der Waals surface area (Å²) < 4.78 is 4.81. The molecule has 45 heavy (non-hydrogen) atoms. The Hall–Kier alpha value is -6.06. The maximum Gasteiger partial charge on any atom is 0.0561 e. The van der Waals surface area contributed by atoms with Crippen molar-refractivity contribution < 1.29 is 0 Å². The molecule has 2 aromatic heterocycles. The van der Waals surface area contributed by atoms with Gasteiger partial charge in [-0.2, -0.15) is 0 Å². The third-order valence-corrected chi connectivity index (χ3v) is 8.87. The smallest absolute Gasteiger partial charge is 0.0561 e. The molecule has 3 heteroatoms. The zero-order valence-electron chi connectivity index (χ0n) is 24.6. The Morgan fingerprint density at radius 3 is 1.27 bits per heavy atom. The number of hydrogen-bond donors (Lipinski definition) is 0. The molecule has 9 aromatic rings. The summed E-state index contributed by atoms with van der Waals surface area (Å²) in [5, 5.41) is 5.02. The molecule has 212 valence electrons. The molecule has 0 aliphatic carbocycles. The van der Waals surface area contributed by atoms with E-state index < -0.39 is 0 Å². The highest BCUT2D eigenvalue weighted by molar-refractivity contribution is 6.12. The van der Waals surface area contributed by atoms with Crippen molar-refractivity contribution in [1.29, 1.82) is 0 Å². The largest absolute Gasteiger partial charge is 0.310 e. The van der Waals surface area contributed by atoms with E-state index in [1.165, 1.54) is 43.6 Å². The van der Waals surface area contributed by atoms with E-state index in [0.29, 0.717) is 0 Å².